The summed E-state index contributed by atoms with van der Waals surface area (Å²) in [4.78, 5) is 44.1. The van der Waals surface area contributed by atoms with Crippen molar-refractivity contribution in [1.29, 1.82) is 0 Å². The molecule has 6 nitrogen and oxygen atoms in total. The number of carbonyl (C=O) groups excluding carboxylic acids is 4. The SMILES string of the molecule is Cc1cccc2c1C(=O)NC2=O.O=C1NC(=O)c2ccccc21. The molecule has 0 bridgehead atoms. The molecule has 2 heterocycles. The predicted octanol–water partition coefficient (Wildman–Crippen LogP) is 1.45. The summed E-state index contributed by atoms with van der Waals surface area (Å²) in [5.74, 6) is -1.18. The molecular formula is C17H12N2O4. The van der Waals surface area contributed by atoms with Crippen LogP contribution in [-0.4, -0.2) is 23.6 Å². The highest BCUT2D eigenvalue weighted by molar-refractivity contribution is 6.22. The number of hydrogen-bond acceptors (Lipinski definition) is 4. The van der Waals surface area contributed by atoms with Crippen LogP contribution in [0.15, 0.2) is 42.5 Å². The summed E-state index contributed by atoms with van der Waals surface area (Å²) in [6.45, 7) is 1.82. The lowest BCUT2D eigenvalue weighted by molar-refractivity contribution is 0.0863. The third-order valence-electron chi connectivity index (χ3n) is 3.61. The minimum atomic E-state index is -0.300. The number of amides is 4. The van der Waals surface area contributed by atoms with Crippen LogP contribution in [0.5, 0.6) is 0 Å². The van der Waals surface area contributed by atoms with E-state index >= 15 is 0 Å². The minimum Gasteiger partial charge on any atom is -0.288 e. The third-order valence-corrected chi connectivity index (χ3v) is 3.61. The number of benzene rings is 2. The number of carbonyl (C=O) groups is 4. The molecule has 4 amide bonds. The van der Waals surface area contributed by atoms with Crippen LogP contribution in [0.1, 0.15) is 47.0 Å². The fourth-order valence-corrected chi connectivity index (χ4v) is 2.51. The van der Waals surface area contributed by atoms with Gasteiger partial charge in [0, 0.05) is 0 Å². The van der Waals surface area contributed by atoms with Crippen LogP contribution in [-0.2, 0) is 0 Å². The van der Waals surface area contributed by atoms with Crippen LogP contribution in [0, 0.1) is 6.92 Å². The summed E-state index contributed by atoms with van der Waals surface area (Å²) >= 11 is 0. The van der Waals surface area contributed by atoms with Gasteiger partial charge in [-0.1, -0.05) is 24.3 Å². The normalized spacial score (nSPS) is 14.5. The first-order valence-electron chi connectivity index (χ1n) is 6.89. The van der Waals surface area contributed by atoms with Gasteiger partial charge in [0.25, 0.3) is 23.6 Å². The van der Waals surface area contributed by atoms with Gasteiger partial charge in [-0.2, -0.15) is 0 Å². The highest BCUT2D eigenvalue weighted by Crippen LogP contribution is 2.18. The molecule has 2 aromatic carbocycles. The molecule has 2 aromatic rings. The van der Waals surface area contributed by atoms with E-state index in [1.807, 2.05) is 13.0 Å². The second kappa shape index (κ2) is 5.49. The lowest BCUT2D eigenvalue weighted by Crippen LogP contribution is -2.20. The molecule has 2 N–H and O–H groups in total. The molecule has 0 radical (unpaired) electrons. The average molecular weight is 308 g/mol. The van der Waals surface area contributed by atoms with Gasteiger partial charge in [-0.3, -0.25) is 29.8 Å². The fourth-order valence-electron chi connectivity index (χ4n) is 2.51. The van der Waals surface area contributed by atoms with Crippen LogP contribution in [0.3, 0.4) is 0 Å². The molecule has 0 aromatic heterocycles. The van der Waals surface area contributed by atoms with Crippen molar-refractivity contribution in [2.24, 2.45) is 0 Å². The van der Waals surface area contributed by atoms with Crippen molar-refractivity contribution in [2.75, 3.05) is 0 Å². The third kappa shape index (κ3) is 2.50. The lowest BCUT2D eigenvalue weighted by atomic mass is 10.0. The second-order valence-corrected chi connectivity index (χ2v) is 5.11. The minimum absolute atomic E-state index is 0.284. The van der Waals surface area contributed by atoms with Gasteiger partial charge in [-0.05, 0) is 30.7 Å². The van der Waals surface area contributed by atoms with Gasteiger partial charge in [-0.25, -0.2) is 0 Å². The first-order chi connectivity index (χ1) is 11.0. The molecule has 0 fully saturated rings. The van der Waals surface area contributed by atoms with Gasteiger partial charge in [-0.15, -0.1) is 0 Å². The van der Waals surface area contributed by atoms with E-state index in [0.29, 0.717) is 22.3 Å². The van der Waals surface area contributed by atoms with Crippen LogP contribution in [0.25, 0.3) is 0 Å². The van der Waals surface area contributed by atoms with Gasteiger partial charge in [0.15, 0.2) is 0 Å². The number of aryl methyl sites for hydroxylation is 1. The van der Waals surface area contributed by atoms with E-state index < -0.39 is 0 Å². The van der Waals surface area contributed by atoms with Crippen molar-refractivity contribution in [3.8, 4) is 0 Å². The Labute approximate surface area is 131 Å². The maximum Gasteiger partial charge on any atom is 0.259 e. The summed E-state index contributed by atoms with van der Waals surface area (Å²) in [5, 5.41) is 4.45. The maximum atomic E-state index is 11.2. The van der Waals surface area contributed by atoms with Gasteiger partial charge in [0.05, 0.1) is 22.3 Å². The molecule has 4 rings (SSSR count). The smallest absolute Gasteiger partial charge is 0.259 e. The Morgan fingerprint density at radius 1 is 0.609 bits per heavy atom. The van der Waals surface area contributed by atoms with Crippen LogP contribution >= 0.6 is 0 Å². The molecule has 0 saturated heterocycles. The highest BCUT2D eigenvalue weighted by Gasteiger charge is 2.27. The molecule has 0 spiro atoms. The van der Waals surface area contributed by atoms with Crippen molar-refractivity contribution in [2.45, 2.75) is 6.92 Å². The number of rotatable bonds is 0. The zero-order chi connectivity index (χ0) is 16.6. The van der Waals surface area contributed by atoms with Gasteiger partial charge >= 0.3 is 0 Å². The largest absolute Gasteiger partial charge is 0.288 e. The fraction of sp³-hybridized carbons (Fsp3) is 0.0588. The Morgan fingerprint density at radius 3 is 1.65 bits per heavy atom. The summed E-state index contributed by atoms with van der Waals surface area (Å²) < 4.78 is 0. The Hall–Kier alpha value is -3.28. The van der Waals surface area contributed by atoms with Crippen molar-refractivity contribution in [3.63, 3.8) is 0 Å². The molecule has 0 saturated carbocycles. The summed E-state index contributed by atoms with van der Waals surface area (Å²) in [7, 11) is 0. The molecule has 23 heavy (non-hydrogen) atoms. The molecule has 114 valence electrons. The zero-order valence-electron chi connectivity index (χ0n) is 12.2. The van der Waals surface area contributed by atoms with E-state index in [1.165, 1.54) is 0 Å². The predicted molar refractivity (Wildman–Crippen MR) is 81.2 cm³/mol. The number of imide groups is 2. The molecular weight excluding hydrogens is 296 g/mol. The Kier molecular flexibility index (Phi) is 3.50. The quantitative estimate of drug-likeness (QED) is 0.720. The molecule has 2 aliphatic rings. The van der Waals surface area contributed by atoms with Crippen molar-refractivity contribution in [1.82, 2.24) is 10.6 Å². The first kappa shape index (κ1) is 14.6. The van der Waals surface area contributed by atoms with Crippen LogP contribution < -0.4 is 10.6 Å². The summed E-state index contributed by atoms with van der Waals surface area (Å²) in [6, 6.07) is 12.0. The maximum absolute atomic E-state index is 11.2. The van der Waals surface area contributed by atoms with Crippen molar-refractivity contribution in [3.05, 3.63) is 70.3 Å². The van der Waals surface area contributed by atoms with Crippen molar-refractivity contribution < 1.29 is 19.2 Å². The van der Waals surface area contributed by atoms with Gasteiger partial charge in [0.2, 0.25) is 0 Å². The molecule has 0 aliphatic carbocycles. The molecule has 2 aliphatic heterocycles. The highest BCUT2D eigenvalue weighted by atomic mass is 16.2. The van der Waals surface area contributed by atoms with Crippen LogP contribution in [0.4, 0.5) is 0 Å². The van der Waals surface area contributed by atoms with E-state index in [-0.39, 0.29) is 23.6 Å². The van der Waals surface area contributed by atoms with Gasteiger partial charge in [0.1, 0.15) is 0 Å². The molecule has 0 unspecified atom stereocenters. The average Bonchev–Trinajstić information content (AvgIpc) is 2.99. The van der Waals surface area contributed by atoms with E-state index in [0.717, 1.165) is 5.56 Å². The Balaban J connectivity index is 0.000000136. The number of nitrogens with one attached hydrogen (secondary N) is 2. The van der Waals surface area contributed by atoms with Gasteiger partial charge < -0.3 is 0 Å². The van der Waals surface area contributed by atoms with E-state index in [4.69, 9.17) is 0 Å². The number of hydrogen-bond donors (Lipinski definition) is 2. The van der Waals surface area contributed by atoms with Crippen molar-refractivity contribution >= 4 is 23.6 Å². The Bertz CT molecular complexity index is 838. The second-order valence-electron chi connectivity index (χ2n) is 5.11. The van der Waals surface area contributed by atoms with E-state index in [9.17, 15) is 19.2 Å². The first-order valence-corrected chi connectivity index (χ1v) is 6.89. The van der Waals surface area contributed by atoms with Crippen LogP contribution in [0.2, 0.25) is 0 Å². The summed E-state index contributed by atoms with van der Waals surface area (Å²) in [5.41, 5.74) is 2.79. The summed E-state index contributed by atoms with van der Waals surface area (Å²) in [6.07, 6.45) is 0. The van der Waals surface area contributed by atoms with E-state index in [1.54, 1.807) is 36.4 Å². The monoisotopic (exact) mass is 308 g/mol. The molecule has 0 atom stereocenters. The topological polar surface area (TPSA) is 92.3 Å². The zero-order valence-corrected chi connectivity index (χ0v) is 12.2. The Morgan fingerprint density at radius 2 is 1.09 bits per heavy atom. The number of fused-ring (bicyclic) bond motifs is 2. The molecule has 6 heteroatoms. The standard InChI is InChI=1S/C9H7NO2.C8H5NO2/c1-5-3-2-4-6-7(5)9(12)10-8(6)11;10-7-5-3-1-2-4-6(5)8(11)9-7/h2-4H,1H3,(H,10,11,12);1-4H,(H,9,10,11). The lowest BCUT2D eigenvalue weighted by Gasteiger charge is -1.96. The van der Waals surface area contributed by atoms with E-state index in [2.05, 4.69) is 10.6 Å².